The third kappa shape index (κ3) is 4.58. The molecule has 0 radical (unpaired) electrons. The highest BCUT2D eigenvalue weighted by molar-refractivity contribution is 6.31. The van der Waals surface area contributed by atoms with Crippen LogP contribution in [0, 0.1) is 13.8 Å². The fourth-order valence-electron chi connectivity index (χ4n) is 2.80. The molecule has 3 rings (SSSR count). The van der Waals surface area contributed by atoms with E-state index in [1.54, 1.807) is 0 Å². The first-order valence-electron chi connectivity index (χ1n) is 9.21. The molecule has 0 spiro atoms. The van der Waals surface area contributed by atoms with E-state index in [0.717, 1.165) is 45.3 Å². The minimum Gasteiger partial charge on any atom is -0.352 e. The number of anilines is 3. The number of nitrogens with one attached hydrogen (secondary N) is 2. The molecule has 2 N–H and O–H groups in total. The Hall–Kier alpha value is -2.59. The maximum absolute atomic E-state index is 6.31. The molecule has 1 atom stereocenters. The molecule has 0 aliphatic carbocycles. The summed E-state index contributed by atoms with van der Waals surface area (Å²) in [4.78, 5) is 9.38. The highest BCUT2D eigenvalue weighted by Gasteiger charge is 2.12. The van der Waals surface area contributed by atoms with Crippen molar-refractivity contribution < 1.29 is 0 Å². The van der Waals surface area contributed by atoms with E-state index < -0.39 is 0 Å². The predicted molar refractivity (Wildman–Crippen MR) is 115 cm³/mol. The van der Waals surface area contributed by atoms with Gasteiger partial charge in [-0.25, -0.2) is 4.98 Å². The predicted octanol–water partition coefficient (Wildman–Crippen LogP) is 6.37. The molecule has 0 aliphatic heterocycles. The van der Waals surface area contributed by atoms with Gasteiger partial charge in [-0.2, -0.15) is 4.98 Å². The molecule has 1 heterocycles. The van der Waals surface area contributed by atoms with Gasteiger partial charge in [0.2, 0.25) is 5.95 Å². The average molecular weight is 381 g/mol. The highest BCUT2D eigenvalue weighted by atomic mass is 35.5. The monoisotopic (exact) mass is 380 g/mol. The maximum Gasteiger partial charge on any atom is 0.225 e. The molecule has 2 aromatic carbocycles. The molecule has 0 saturated carbocycles. The van der Waals surface area contributed by atoms with Crippen LogP contribution < -0.4 is 10.6 Å². The Bertz CT molecular complexity index is 925. The van der Waals surface area contributed by atoms with Crippen LogP contribution in [0.2, 0.25) is 5.02 Å². The van der Waals surface area contributed by atoms with Crippen molar-refractivity contribution in [2.24, 2.45) is 0 Å². The van der Waals surface area contributed by atoms with Crippen LogP contribution in [-0.2, 0) is 0 Å². The van der Waals surface area contributed by atoms with Gasteiger partial charge >= 0.3 is 0 Å². The SMILES string of the molecule is CC[C@H](C)Nc1nc(Nc2c(C)ccc(Cl)c2C)cc(-c2ccccc2)n1. The summed E-state index contributed by atoms with van der Waals surface area (Å²) in [6.45, 7) is 8.33. The van der Waals surface area contributed by atoms with Gasteiger partial charge in [0, 0.05) is 28.4 Å². The van der Waals surface area contributed by atoms with Gasteiger partial charge in [0.25, 0.3) is 0 Å². The van der Waals surface area contributed by atoms with Gasteiger partial charge in [-0.1, -0.05) is 54.9 Å². The van der Waals surface area contributed by atoms with Crippen molar-refractivity contribution in [1.29, 1.82) is 0 Å². The molecule has 27 heavy (non-hydrogen) atoms. The lowest BCUT2D eigenvalue weighted by Gasteiger charge is -2.17. The van der Waals surface area contributed by atoms with E-state index in [-0.39, 0.29) is 0 Å². The van der Waals surface area contributed by atoms with Crippen LogP contribution in [0.1, 0.15) is 31.4 Å². The summed E-state index contributed by atoms with van der Waals surface area (Å²) in [5.74, 6) is 1.36. The summed E-state index contributed by atoms with van der Waals surface area (Å²) < 4.78 is 0. The normalized spacial score (nSPS) is 11.9. The zero-order valence-corrected chi connectivity index (χ0v) is 16.9. The van der Waals surface area contributed by atoms with Crippen LogP contribution in [0.3, 0.4) is 0 Å². The van der Waals surface area contributed by atoms with Crippen molar-refractivity contribution in [3.8, 4) is 11.3 Å². The molecular weight excluding hydrogens is 356 g/mol. The molecule has 0 amide bonds. The van der Waals surface area contributed by atoms with Crippen LogP contribution in [0.4, 0.5) is 17.5 Å². The lowest BCUT2D eigenvalue weighted by molar-refractivity contribution is 0.753. The van der Waals surface area contributed by atoms with Gasteiger partial charge in [-0.05, 0) is 44.4 Å². The molecular formula is C22H25ClN4. The lowest BCUT2D eigenvalue weighted by Crippen LogP contribution is -2.16. The van der Waals surface area contributed by atoms with Crippen molar-refractivity contribution in [3.63, 3.8) is 0 Å². The van der Waals surface area contributed by atoms with Crippen molar-refractivity contribution in [2.45, 2.75) is 40.2 Å². The molecule has 4 nitrogen and oxygen atoms in total. The van der Waals surface area contributed by atoms with Gasteiger partial charge in [-0.3, -0.25) is 0 Å². The molecule has 5 heteroatoms. The minimum atomic E-state index is 0.290. The van der Waals surface area contributed by atoms with E-state index in [1.165, 1.54) is 0 Å². The second-order valence-corrected chi connectivity index (χ2v) is 7.18. The Kier molecular flexibility index (Phi) is 5.97. The zero-order chi connectivity index (χ0) is 19.4. The first kappa shape index (κ1) is 19.2. The Morgan fingerprint density at radius 1 is 1.04 bits per heavy atom. The van der Waals surface area contributed by atoms with E-state index in [9.17, 15) is 0 Å². The zero-order valence-electron chi connectivity index (χ0n) is 16.2. The maximum atomic E-state index is 6.31. The van der Waals surface area contributed by atoms with Crippen molar-refractivity contribution in [2.75, 3.05) is 10.6 Å². The summed E-state index contributed by atoms with van der Waals surface area (Å²) in [6.07, 6.45) is 0.994. The lowest BCUT2D eigenvalue weighted by atomic mass is 10.1. The first-order chi connectivity index (χ1) is 13.0. The van der Waals surface area contributed by atoms with E-state index in [1.807, 2.05) is 43.3 Å². The van der Waals surface area contributed by atoms with Crippen molar-refractivity contribution in [1.82, 2.24) is 9.97 Å². The van der Waals surface area contributed by atoms with Gasteiger partial charge in [0.1, 0.15) is 5.82 Å². The van der Waals surface area contributed by atoms with Crippen LogP contribution >= 0.6 is 11.6 Å². The van der Waals surface area contributed by atoms with Crippen LogP contribution in [0.25, 0.3) is 11.3 Å². The molecule has 1 aromatic heterocycles. The number of aryl methyl sites for hydroxylation is 1. The molecule has 0 saturated heterocycles. The number of rotatable bonds is 6. The smallest absolute Gasteiger partial charge is 0.225 e. The number of aromatic nitrogens is 2. The Morgan fingerprint density at radius 3 is 2.48 bits per heavy atom. The van der Waals surface area contributed by atoms with Crippen molar-refractivity contribution >= 4 is 29.1 Å². The Morgan fingerprint density at radius 2 is 1.78 bits per heavy atom. The average Bonchev–Trinajstić information content (AvgIpc) is 2.68. The number of hydrogen-bond acceptors (Lipinski definition) is 4. The van der Waals surface area contributed by atoms with Crippen molar-refractivity contribution in [3.05, 3.63) is 64.7 Å². The Labute approximate surface area is 166 Å². The first-order valence-corrected chi connectivity index (χ1v) is 9.59. The fraction of sp³-hybridized carbons (Fsp3) is 0.273. The van der Waals surface area contributed by atoms with Crippen LogP contribution in [0.15, 0.2) is 48.5 Å². The largest absolute Gasteiger partial charge is 0.352 e. The molecule has 3 aromatic rings. The second-order valence-electron chi connectivity index (χ2n) is 6.77. The molecule has 0 aliphatic rings. The highest BCUT2D eigenvalue weighted by Crippen LogP contribution is 2.31. The topological polar surface area (TPSA) is 49.8 Å². The molecule has 0 fully saturated rings. The molecule has 0 unspecified atom stereocenters. The van der Waals surface area contributed by atoms with E-state index in [0.29, 0.717) is 12.0 Å². The third-order valence-corrected chi connectivity index (χ3v) is 5.05. The number of nitrogens with zero attached hydrogens (tertiary/aromatic N) is 2. The summed E-state index contributed by atoms with van der Waals surface area (Å²) in [5.41, 5.74) is 5.03. The minimum absolute atomic E-state index is 0.290. The van der Waals surface area contributed by atoms with Gasteiger partial charge < -0.3 is 10.6 Å². The summed E-state index contributed by atoms with van der Waals surface area (Å²) in [7, 11) is 0. The van der Waals surface area contributed by atoms with E-state index in [4.69, 9.17) is 16.6 Å². The molecule has 0 bridgehead atoms. The number of benzene rings is 2. The van der Waals surface area contributed by atoms with Crippen LogP contribution in [0.5, 0.6) is 0 Å². The third-order valence-electron chi connectivity index (χ3n) is 4.64. The summed E-state index contributed by atoms with van der Waals surface area (Å²) in [6, 6.07) is 16.3. The van der Waals surface area contributed by atoms with Crippen LogP contribution in [-0.4, -0.2) is 16.0 Å². The second kappa shape index (κ2) is 8.40. The molecule has 140 valence electrons. The quantitative estimate of drug-likeness (QED) is 0.521. The van der Waals surface area contributed by atoms with E-state index in [2.05, 4.69) is 48.5 Å². The van der Waals surface area contributed by atoms with Gasteiger partial charge in [0.15, 0.2) is 0 Å². The van der Waals surface area contributed by atoms with E-state index >= 15 is 0 Å². The van der Waals surface area contributed by atoms with Gasteiger partial charge in [0.05, 0.1) is 5.69 Å². The fourth-order valence-corrected chi connectivity index (χ4v) is 2.95. The summed E-state index contributed by atoms with van der Waals surface area (Å²) in [5, 5.41) is 7.56. The number of hydrogen-bond donors (Lipinski definition) is 2. The number of halogens is 1. The Balaban J connectivity index is 2.04. The standard InChI is InChI=1S/C22H25ClN4/c1-5-15(3)24-22-25-19(17-9-7-6-8-10-17)13-20(27-22)26-21-14(2)11-12-18(23)16(21)4/h6-13,15H,5H2,1-4H3,(H2,24,25,26,27)/t15-/m0/s1. The van der Waals surface area contributed by atoms with Gasteiger partial charge in [-0.15, -0.1) is 0 Å². The summed E-state index contributed by atoms with van der Waals surface area (Å²) >= 11 is 6.31.